The second-order valence-corrected chi connectivity index (χ2v) is 6.28. The molecule has 1 atom stereocenters. The third-order valence-corrected chi connectivity index (χ3v) is 4.41. The average molecular weight is 327 g/mol. The molecule has 0 spiro atoms. The Morgan fingerprint density at radius 1 is 1.29 bits per heavy atom. The Kier molecular flexibility index (Phi) is 4.38. The molecule has 6 heteroatoms. The molecule has 0 unspecified atom stereocenters. The minimum Gasteiger partial charge on any atom is -0.480 e. The molecule has 1 aromatic heterocycles. The molecule has 2 heterocycles. The molecule has 1 aliphatic rings. The number of hydrogen-bond donors (Lipinski definition) is 1. The Balaban J connectivity index is 1.81. The second-order valence-electron chi connectivity index (χ2n) is 6.28. The number of carbonyl (C=O) groups excluding carboxylic acids is 1. The van der Waals surface area contributed by atoms with Crippen molar-refractivity contribution in [3.05, 3.63) is 52.8 Å². The molecule has 0 bridgehead atoms. The lowest BCUT2D eigenvalue weighted by molar-refractivity contribution is -0.141. The topological polar surface area (TPSA) is 75.4 Å². The Bertz CT molecular complexity index is 782. The number of carboxylic acid groups (broad SMARTS) is 1. The van der Waals surface area contributed by atoms with Crippen LogP contribution in [0.2, 0.25) is 0 Å². The van der Waals surface area contributed by atoms with Gasteiger partial charge in [-0.15, -0.1) is 0 Å². The minimum atomic E-state index is -0.931. The van der Waals surface area contributed by atoms with E-state index in [0.717, 1.165) is 23.4 Å². The third kappa shape index (κ3) is 3.18. The van der Waals surface area contributed by atoms with Crippen LogP contribution in [-0.4, -0.2) is 44.3 Å². The molecule has 3 rings (SSSR count). The van der Waals surface area contributed by atoms with Gasteiger partial charge in [-0.05, 0) is 50.5 Å². The number of benzene rings is 1. The standard InChI is InChI=1S/C18H21N3O3/c1-12-9-13(2)21(19-12)11-14-5-3-6-15(10-14)17(22)20-8-4-7-16(20)18(23)24/h3,5-6,9-10,16H,4,7-8,11H2,1-2H3,(H,23,24)/t16-/m0/s1. The van der Waals surface area contributed by atoms with E-state index >= 15 is 0 Å². The fourth-order valence-corrected chi connectivity index (χ4v) is 3.24. The van der Waals surface area contributed by atoms with Crippen LogP contribution in [0.3, 0.4) is 0 Å². The number of carbonyl (C=O) groups is 2. The van der Waals surface area contributed by atoms with Crippen molar-refractivity contribution in [1.29, 1.82) is 0 Å². The second kappa shape index (κ2) is 6.47. The molecule has 1 aromatic carbocycles. The van der Waals surface area contributed by atoms with Crippen molar-refractivity contribution in [2.24, 2.45) is 0 Å². The molecule has 24 heavy (non-hydrogen) atoms. The van der Waals surface area contributed by atoms with E-state index in [1.165, 1.54) is 4.90 Å². The smallest absolute Gasteiger partial charge is 0.326 e. The van der Waals surface area contributed by atoms with Crippen molar-refractivity contribution < 1.29 is 14.7 Å². The van der Waals surface area contributed by atoms with Gasteiger partial charge in [0.25, 0.3) is 5.91 Å². The Morgan fingerprint density at radius 2 is 2.08 bits per heavy atom. The summed E-state index contributed by atoms with van der Waals surface area (Å²) in [6, 6.07) is 8.65. The van der Waals surface area contributed by atoms with E-state index in [9.17, 15) is 14.7 Å². The van der Waals surface area contributed by atoms with Gasteiger partial charge in [-0.1, -0.05) is 12.1 Å². The summed E-state index contributed by atoms with van der Waals surface area (Å²) in [5.41, 5.74) is 3.52. The van der Waals surface area contributed by atoms with Crippen LogP contribution in [0.5, 0.6) is 0 Å². The summed E-state index contributed by atoms with van der Waals surface area (Å²) in [6.45, 7) is 5.03. The van der Waals surface area contributed by atoms with Crippen LogP contribution in [0, 0.1) is 13.8 Å². The monoisotopic (exact) mass is 327 g/mol. The Labute approximate surface area is 140 Å². The van der Waals surface area contributed by atoms with Gasteiger partial charge in [0.2, 0.25) is 0 Å². The van der Waals surface area contributed by atoms with Gasteiger partial charge in [-0.25, -0.2) is 4.79 Å². The van der Waals surface area contributed by atoms with Gasteiger partial charge in [0.15, 0.2) is 0 Å². The van der Waals surface area contributed by atoms with E-state index in [4.69, 9.17) is 0 Å². The van der Waals surface area contributed by atoms with Crippen molar-refractivity contribution in [2.75, 3.05) is 6.54 Å². The first kappa shape index (κ1) is 16.2. The van der Waals surface area contributed by atoms with E-state index in [1.807, 2.05) is 42.8 Å². The van der Waals surface area contributed by atoms with E-state index in [0.29, 0.717) is 25.1 Å². The van der Waals surface area contributed by atoms with E-state index < -0.39 is 12.0 Å². The minimum absolute atomic E-state index is 0.213. The lowest BCUT2D eigenvalue weighted by Crippen LogP contribution is -2.40. The molecule has 0 aliphatic carbocycles. The predicted molar refractivity (Wildman–Crippen MR) is 88.9 cm³/mol. The first-order chi connectivity index (χ1) is 11.5. The van der Waals surface area contributed by atoms with Crippen LogP contribution < -0.4 is 0 Å². The van der Waals surface area contributed by atoms with Crippen molar-refractivity contribution >= 4 is 11.9 Å². The van der Waals surface area contributed by atoms with Gasteiger partial charge >= 0.3 is 5.97 Å². The van der Waals surface area contributed by atoms with Crippen molar-refractivity contribution in [3.63, 3.8) is 0 Å². The number of aliphatic carboxylic acids is 1. The molecule has 0 saturated carbocycles. The number of aromatic nitrogens is 2. The normalized spacial score (nSPS) is 17.2. The van der Waals surface area contributed by atoms with Gasteiger partial charge in [0.05, 0.1) is 12.2 Å². The molecule has 6 nitrogen and oxygen atoms in total. The summed E-state index contributed by atoms with van der Waals surface area (Å²) in [5, 5.41) is 13.7. The maximum absolute atomic E-state index is 12.7. The van der Waals surface area contributed by atoms with Crippen molar-refractivity contribution in [2.45, 2.75) is 39.3 Å². The Morgan fingerprint density at radius 3 is 2.75 bits per heavy atom. The largest absolute Gasteiger partial charge is 0.480 e. The van der Waals surface area contributed by atoms with Crippen LogP contribution in [0.4, 0.5) is 0 Å². The van der Waals surface area contributed by atoms with E-state index in [-0.39, 0.29) is 5.91 Å². The van der Waals surface area contributed by atoms with Gasteiger partial charge in [0, 0.05) is 17.8 Å². The number of rotatable bonds is 4. The fraction of sp³-hybridized carbons (Fsp3) is 0.389. The maximum atomic E-state index is 12.7. The average Bonchev–Trinajstić information content (AvgIpc) is 3.14. The van der Waals surface area contributed by atoms with Crippen LogP contribution in [0.15, 0.2) is 30.3 Å². The summed E-state index contributed by atoms with van der Waals surface area (Å²) >= 11 is 0. The lowest BCUT2D eigenvalue weighted by atomic mass is 10.1. The van der Waals surface area contributed by atoms with Crippen molar-refractivity contribution in [1.82, 2.24) is 14.7 Å². The molecule has 1 fully saturated rings. The molecule has 1 aliphatic heterocycles. The van der Waals surface area contributed by atoms with Crippen LogP contribution in [0.25, 0.3) is 0 Å². The third-order valence-electron chi connectivity index (χ3n) is 4.41. The molecule has 126 valence electrons. The lowest BCUT2D eigenvalue weighted by Gasteiger charge is -2.21. The SMILES string of the molecule is Cc1cc(C)n(Cc2cccc(C(=O)N3CCC[C@H]3C(=O)O)c2)n1. The number of hydrogen-bond acceptors (Lipinski definition) is 3. The zero-order valence-corrected chi connectivity index (χ0v) is 13.9. The number of aryl methyl sites for hydroxylation is 2. The van der Waals surface area contributed by atoms with Crippen LogP contribution in [0.1, 0.15) is 40.2 Å². The highest BCUT2D eigenvalue weighted by molar-refractivity contribution is 5.97. The first-order valence-electron chi connectivity index (χ1n) is 8.09. The highest BCUT2D eigenvalue weighted by Crippen LogP contribution is 2.21. The summed E-state index contributed by atoms with van der Waals surface area (Å²) in [4.78, 5) is 25.4. The molecule has 1 N–H and O–H groups in total. The highest BCUT2D eigenvalue weighted by atomic mass is 16.4. The quantitative estimate of drug-likeness (QED) is 0.934. The summed E-state index contributed by atoms with van der Waals surface area (Å²) in [5.74, 6) is -1.14. The van der Waals surface area contributed by atoms with E-state index in [1.54, 1.807) is 6.07 Å². The summed E-state index contributed by atoms with van der Waals surface area (Å²) in [7, 11) is 0. The summed E-state index contributed by atoms with van der Waals surface area (Å²) in [6.07, 6.45) is 1.25. The van der Waals surface area contributed by atoms with Crippen molar-refractivity contribution in [3.8, 4) is 0 Å². The highest BCUT2D eigenvalue weighted by Gasteiger charge is 2.34. The molecule has 1 amide bonds. The van der Waals surface area contributed by atoms with E-state index in [2.05, 4.69) is 5.10 Å². The van der Waals surface area contributed by atoms with Gasteiger partial charge < -0.3 is 10.0 Å². The van der Waals surface area contributed by atoms with Crippen LogP contribution >= 0.6 is 0 Å². The van der Waals surface area contributed by atoms with Gasteiger partial charge in [-0.3, -0.25) is 9.48 Å². The number of likely N-dealkylation sites (tertiary alicyclic amines) is 1. The zero-order valence-electron chi connectivity index (χ0n) is 13.9. The molecule has 0 radical (unpaired) electrons. The Hall–Kier alpha value is -2.63. The van der Waals surface area contributed by atoms with Gasteiger partial charge in [0.1, 0.15) is 6.04 Å². The molecule has 2 aromatic rings. The zero-order chi connectivity index (χ0) is 17.3. The fourth-order valence-electron chi connectivity index (χ4n) is 3.24. The number of carboxylic acids is 1. The summed E-state index contributed by atoms with van der Waals surface area (Å²) < 4.78 is 1.90. The molecular formula is C18H21N3O3. The van der Waals surface area contributed by atoms with Gasteiger partial charge in [-0.2, -0.15) is 5.10 Å². The number of amides is 1. The molecule has 1 saturated heterocycles. The molecular weight excluding hydrogens is 306 g/mol. The first-order valence-corrected chi connectivity index (χ1v) is 8.09. The predicted octanol–water partition coefficient (Wildman–Crippen LogP) is 2.24. The maximum Gasteiger partial charge on any atom is 0.326 e. The number of nitrogens with zero attached hydrogens (tertiary/aromatic N) is 3. The van der Waals surface area contributed by atoms with Crippen LogP contribution in [-0.2, 0) is 11.3 Å².